The fraction of sp³-hybridized carbons (Fsp3) is 0.750. The van der Waals surface area contributed by atoms with Crippen molar-refractivity contribution < 1.29 is 21.6 Å². The summed E-state index contributed by atoms with van der Waals surface area (Å²) in [7, 11) is -2.67. The molecule has 0 amide bonds. The molecule has 0 unspecified atom stereocenters. The highest BCUT2D eigenvalue weighted by Crippen LogP contribution is 2.21. The highest BCUT2D eigenvalue weighted by Gasteiger charge is 2.36. The number of sulfonamides is 2. The summed E-state index contributed by atoms with van der Waals surface area (Å²) in [5.74, 6) is -0.603. The number of nitrogens with zero attached hydrogens (tertiary/aromatic N) is 3. The molecule has 1 aromatic heterocycles. The van der Waals surface area contributed by atoms with Gasteiger partial charge in [-0.15, -0.1) is 0 Å². The summed E-state index contributed by atoms with van der Waals surface area (Å²) in [5.41, 5.74) is 0.508. The van der Waals surface area contributed by atoms with Gasteiger partial charge in [0.2, 0.25) is 20.0 Å². The van der Waals surface area contributed by atoms with E-state index in [0.717, 1.165) is 4.31 Å². The Morgan fingerprint density at radius 2 is 2.00 bits per heavy atom. The molecular weight excluding hydrogens is 344 g/mol. The summed E-state index contributed by atoms with van der Waals surface area (Å²) >= 11 is 0. The van der Waals surface area contributed by atoms with Crippen LogP contribution in [0.4, 0.5) is 0 Å². The van der Waals surface area contributed by atoms with Gasteiger partial charge in [0.15, 0.2) is 0 Å². The molecule has 23 heavy (non-hydrogen) atoms. The minimum atomic E-state index is -3.78. The molecular formula is C12H22N4O5S2. The second-order valence-electron chi connectivity index (χ2n) is 5.80. The summed E-state index contributed by atoms with van der Waals surface area (Å²) in [5, 5.41) is 3.92. The lowest BCUT2D eigenvalue weighted by molar-refractivity contribution is 0.185. The largest absolute Gasteiger partial charge is 0.379 e. The lowest BCUT2D eigenvalue weighted by atomic mass is 10.1. The lowest BCUT2D eigenvalue weighted by Gasteiger charge is -2.20. The second-order valence-corrected chi connectivity index (χ2v) is 9.71. The van der Waals surface area contributed by atoms with E-state index in [4.69, 9.17) is 4.74 Å². The molecule has 0 saturated carbocycles. The van der Waals surface area contributed by atoms with Gasteiger partial charge in [-0.05, 0) is 6.92 Å². The van der Waals surface area contributed by atoms with Crippen LogP contribution in [0.5, 0.6) is 0 Å². The molecule has 1 N–H and O–H groups in total. The standard InChI is InChI=1S/C12H22N4O5S2/c1-9-12(5-13-16(9)4)23(19,20)14-11-7-21-6-10(11)8-22(17,18)15(2)3/h5,10-11,14H,6-8H2,1-4H3/t10-,11-/m0/s1. The van der Waals surface area contributed by atoms with E-state index in [9.17, 15) is 16.8 Å². The SMILES string of the molecule is Cc1c(S(=O)(=O)N[C@H]2COC[C@H]2CS(=O)(=O)N(C)C)cnn1C. The van der Waals surface area contributed by atoms with Gasteiger partial charge in [0.05, 0.1) is 36.9 Å². The lowest BCUT2D eigenvalue weighted by Crippen LogP contribution is -2.43. The first kappa shape index (κ1) is 18.3. The first-order valence-corrected chi connectivity index (χ1v) is 10.1. The summed E-state index contributed by atoms with van der Waals surface area (Å²) in [6.45, 7) is 2.00. The van der Waals surface area contributed by atoms with Crippen molar-refractivity contribution in [3.63, 3.8) is 0 Å². The van der Waals surface area contributed by atoms with Crippen molar-refractivity contribution in [1.29, 1.82) is 0 Å². The van der Waals surface area contributed by atoms with E-state index in [0.29, 0.717) is 5.69 Å². The molecule has 1 aromatic rings. The molecule has 0 bridgehead atoms. The van der Waals surface area contributed by atoms with Crippen LogP contribution in [0.2, 0.25) is 0 Å². The van der Waals surface area contributed by atoms with E-state index < -0.39 is 32.0 Å². The van der Waals surface area contributed by atoms with Crippen LogP contribution in [0.25, 0.3) is 0 Å². The van der Waals surface area contributed by atoms with Gasteiger partial charge < -0.3 is 4.74 Å². The van der Waals surface area contributed by atoms with Crippen LogP contribution >= 0.6 is 0 Å². The molecule has 1 fully saturated rings. The molecule has 0 aliphatic carbocycles. The van der Waals surface area contributed by atoms with Crippen molar-refractivity contribution >= 4 is 20.0 Å². The van der Waals surface area contributed by atoms with Gasteiger partial charge >= 0.3 is 0 Å². The van der Waals surface area contributed by atoms with Crippen molar-refractivity contribution in [2.75, 3.05) is 33.1 Å². The third-order valence-corrected chi connectivity index (χ3v) is 7.52. The van der Waals surface area contributed by atoms with E-state index >= 15 is 0 Å². The van der Waals surface area contributed by atoms with Gasteiger partial charge in [-0.3, -0.25) is 4.68 Å². The predicted molar refractivity (Wildman–Crippen MR) is 83.8 cm³/mol. The normalized spacial score (nSPS) is 22.8. The fourth-order valence-electron chi connectivity index (χ4n) is 2.32. The van der Waals surface area contributed by atoms with Gasteiger partial charge in [0, 0.05) is 27.1 Å². The highest BCUT2D eigenvalue weighted by molar-refractivity contribution is 7.89. The maximum atomic E-state index is 12.5. The van der Waals surface area contributed by atoms with Crippen molar-refractivity contribution in [3.05, 3.63) is 11.9 Å². The molecule has 11 heteroatoms. The van der Waals surface area contributed by atoms with E-state index in [1.807, 2.05) is 0 Å². The van der Waals surface area contributed by atoms with Crippen LogP contribution in [0, 0.1) is 12.8 Å². The monoisotopic (exact) mass is 366 g/mol. The summed E-state index contributed by atoms with van der Waals surface area (Å²) in [6.07, 6.45) is 1.28. The second kappa shape index (κ2) is 6.48. The Labute approximate surface area is 136 Å². The van der Waals surface area contributed by atoms with Crippen LogP contribution in [-0.4, -0.2) is 70.0 Å². The Kier molecular flexibility index (Phi) is 5.16. The molecule has 0 radical (unpaired) electrons. The van der Waals surface area contributed by atoms with Gasteiger partial charge in [-0.25, -0.2) is 25.9 Å². The van der Waals surface area contributed by atoms with Crippen LogP contribution < -0.4 is 4.72 Å². The van der Waals surface area contributed by atoms with Gasteiger partial charge in [-0.2, -0.15) is 5.10 Å². The number of nitrogens with one attached hydrogen (secondary N) is 1. The van der Waals surface area contributed by atoms with E-state index in [2.05, 4.69) is 9.82 Å². The Balaban J connectivity index is 2.17. The molecule has 1 saturated heterocycles. The van der Waals surface area contributed by atoms with Gasteiger partial charge in [-0.1, -0.05) is 0 Å². The predicted octanol–water partition coefficient (Wildman–Crippen LogP) is -1.09. The van der Waals surface area contributed by atoms with Gasteiger partial charge in [0.25, 0.3) is 0 Å². The van der Waals surface area contributed by atoms with Crippen molar-refractivity contribution in [1.82, 2.24) is 18.8 Å². The third-order valence-electron chi connectivity index (χ3n) is 3.97. The Bertz CT molecular complexity index is 769. The average Bonchev–Trinajstić information content (AvgIpc) is 2.97. The molecule has 9 nitrogen and oxygen atoms in total. The minimum Gasteiger partial charge on any atom is -0.379 e. The molecule has 2 atom stereocenters. The van der Waals surface area contributed by atoms with Crippen LogP contribution in [-0.2, 0) is 31.8 Å². The maximum Gasteiger partial charge on any atom is 0.244 e. The molecule has 1 aliphatic rings. The van der Waals surface area contributed by atoms with E-state index in [-0.39, 0.29) is 23.9 Å². The number of rotatable bonds is 6. The summed E-state index contributed by atoms with van der Waals surface area (Å²) < 4.78 is 59.4. The smallest absolute Gasteiger partial charge is 0.244 e. The number of aryl methyl sites for hydroxylation is 1. The number of aromatic nitrogens is 2. The van der Waals surface area contributed by atoms with Crippen LogP contribution in [0.15, 0.2) is 11.1 Å². The Hall–Kier alpha value is -1.01. The Morgan fingerprint density at radius 3 is 2.52 bits per heavy atom. The Morgan fingerprint density at radius 1 is 1.35 bits per heavy atom. The summed E-state index contributed by atoms with van der Waals surface area (Å²) in [6, 6.07) is -0.589. The summed E-state index contributed by atoms with van der Waals surface area (Å²) in [4.78, 5) is 0.0844. The first-order valence-electron chi connectivity index (χ1n) is 7.03. The number of hydrogen-bond acceptors (Lipinski definition) is 6. The first-order chi connectivity index (χ1) is 10.5. The topological polar surface area (TPSA) is 111 Å². The molecule has 1 aliphatic heterocycles. The van der Waals surface area contributed by atoms with Crippen LogP contribution in [0.3, 0.4) is 0 Å². The van der Waals surface area contributed by atoms with Gasteiger partial charge in [0.1, 0.15) is 4.90 Å². The molecule has 2 rings (SSSR count). The fourth-order valence-corrected chi connectivity index (χ4v) is 4.98. The quantitative estimate of drug-likeness (QED) is 0.685. The van der Waals surface area contributed by atoms with Crippen molar-refractivity contribution in [2.45, 2.75) is 17.9 Å². The zero-order chi connectivity index (χ0) is 17.4. The zero-order valence-electron chi connectivity index (χ0n) is 13.6. The number of hydrogen-bond donors (Lipinski definition) is 1. The molecule has 2 heterocycles. The van der Waals surface area contributed by atoms with E-state index in [1.165, 1.54) is 25.0 Å². The van der Waals surface area contributed by atoms with Crippen molar-refractivity contribution in [3.8, 4) is 0 Å². The number of ether oxygens (including phenoxy) is 1. The van der Waals surface area contributed by atoms with E-state index in [1.54, 1.807) is 14.0 Å². The van der Waals surface area contributed by atoms with Crippen molar-refractivity contribution in [2.24, 2.45) is 13.0 Å². The third kappa shape index (κ3) is 3.91. The highest BCUT2D eigenvalue weighted by atomic mass is 32.2. The molecule has 132 valence electrons. The van der Waals surface area contributed by atoms with Crippen LogP contribution in [0.1, 0.15) is 5.69 Å². The minimum absolute atomic E-state index is 0.0844. The molecule has 0 spiro atoms. The average molecular weight is 366 g/mol. The zero-order valence-corrected chi connectivity index (χ0v) is 15.2. The molecule has 0 aromatic carbocycles. The maximum absolute atomic E-state index is 12.5.